The normalized spacial score (nSPS) is 35.4. The number of carboxylic acid groups (broad SMARTS) is 1. The number of rotatable bonds is 3. The number of carboxylic acids is 1. The largest absolute Gasteiger partial charge is 0.481 e. The maximum Gasteiger partial charge on any atom is 0.307 e. The van der Waals surface area contributed by atoms with Crippen LogP contribution in [0.3, 0.4) is 0 Å². The van der Waals surface area contributed by atoms with Crippen molar-refractivity contribution in [1.82, 2.24) is 4.90 Å². The summed E-state index contributed by atoms with van der Waals surface area (Å²) in [6, 6.07) is 0. The molecule has 4 nitrogen and oxygen atoms in total. The van der Waals surface area contributed by atoms with Gasteiger partial charge in [0.05, 0.1) is 11.8 Å². The number of carbonyl (C=O) groups excluding carboxylic acids is 1. The molecule has 0 aromatic rings. The Hall–Kier alpha value is -1.06. The first kappa shape index (κ1) is 14.4. The number of hydrogen-bond donors (Lipinski definition) is 1. The molecule has 1 saturated heterocycles. The minimum atomic E-state index is -0.799. The summed E-state index contributed by atoms with van der Waals surface area (Å²) in [4.78, 5) is 25.8. The summed E-state index contributed by atoms with van der Waals surface area (Å²) in [6.45, 7) is 5.85. The molecule has 2 aliphatic rings. The number of likely N-dealkylation sites (tertiary alicyclic amines) is 1. The van der Waals surface area contributed by atoms with Gasteiger partial charge in [-0.15, -0.1) is 0 Å². The van der Waals surface area contributed by atoms with Crippen molar-refractivity contribution in [2.75, 3.05) is 13.1 Å². The van der Waals surface area contributed by atoms with Crippen LogP contribution in [0.5, 0.6) is 0 Å². The Kier molecular flexibility index (Phi) is 4.48. The predicted octanol–water partition coefficient (Wildman–Crippen LogP) is 2.38. The summed E-state index contributed by atoms with van der Waals surface area (Å²) in [5, 5.41) is 9.28. The minimum Gasteiger partial charge on any atom is -0.481 e. The van der Waals surface area contributed by atoms with E-state index in [2.05, 4.69) is 6.92 Å². The van der Waals surface area contributed by atoms with E-state index in [4.69, 9.17) is 0 Å². The molecule has 1 saturated carbocycles. The SMILES string of the molecule is CCC1CCCN(C(=O)C2CC(C)CC2C(=O)O)C1. The van der Waals surface area contributed by atoms with Crippen LogP contribution in [0, 0.1) is 23.7 Å². The maximum atomic E-state index is 12.6. The molecule has 1 N–H and O–H groups in total. The molecule has 1 amide bonds. The lowest BCUT2D eigenvalue weighted by molar-refractivity contribution is -0.149. The van der Waals surface area contributed by atoms with Crippen molar-refractivity contribution in [3.63, 3.8) is 0 Å². The Labute approximate surface area is 115 Å². The van der Waals surface area contributed by atoms with E-state index in [-0.39, 0.29) is 11.8 Å². The molecule has 0 bridgehead atoms. The monoisotopic (exact) mass is 267 g/mol. The van der Waals surface area contributed by atoms with Crippen LogP contribution in [-0.4, -0.2) is 35.0 Å². The lowest BCUT2D eigenvalue weighted by atomic mass is 9.91. The van der Waals surface area contributed by atoms with Crippen LogP contribution in [0.25, 0.3) is 0 Å². The molecule has 0 aromatic carbocycles. The number of amides is 1. The molecular weight excluding hydrogens is 242 g/mol. The lowest BCUT2D eigenvalue weighted by Gasteiger charge is -2.34. The molecule has 108 valence electrons. The molecule has 4 unspecified atom stereocenters. The Bertz CT molecular complexity index is 355. The standard InChI is InChI=1S/C15H25NO3/c1-3-11-5-4-6-16(9-11)14(17)12-7-10(2)8-13(12)15(18)19/h10-13H,3-9H2,1-2H3,(H,18,19). The highest BCUT2D eigenvalue weighted by Crippen LogP contribution is 2.38. The number of piperidine rings is 1. The molecule has 2 rings (SSSR count). The van der Waals surface area contributed by atoms with E-state index in [1.165, 1.54) is 6.42 Å². The summed E-state index contributed by atoms with van der Waals surface area (Å²) in [7, 11) is 0. The Morgan fingerprint density at radius 3 is 2.58 bits per heavy atom. The number of aliphatic carboxylic acids is 1. The molecule has 1 heterocycles. The smallest absolute Gasteiger partial charge is 0.307 e. The first-order valence-electron chi connectivity index (χ1n) is 7.54. The van der Waals surface area contributed by atoms with Crippen LogP contribution in [0.4, 0.5) is 0 Å². The quantitative estimate of drug-likeness (QED) is 0.854. The average molecular weight is 267 g/mol. The van der Waals surface area contributed by atoms with E-state index in [1.807, 2.05) is 11.8 Å². The Morgan fingerprint density at radius 2 is 1.95 bits per heavy atom. The van der Waals surface area contributed by atoms with E-state index < -0.39 is 11.9 Å². The van der Waals surface area contributed by atoms with Crippen molar-refractivity contribution in [3.05, 3.63) is 0 Å². The molecule has 0 spiro atoms. The number of carbonyl (C=O) groups is 2. The summed E-state index contributed by atoms with van der Waals surface area (Å²) in [5.41, 5.74) is 0. The topological polar surface area (TPSA) is 57.6 Å². The van der Waals surface area contributed by atoms with E-state index in [0.29, 0.717) is 18.3 Å². The fourth-order valence-electron chi connectivity index (χ4n) is 3.67. The molecule has 1 aliphatic heterocycles. The van der Waals surface area contributed by atoms with Crippen molar-refractivity contribution in [2.45, 2.75) is 46.0 Å². The summed E-state index contributed by atoms with van der Waals surface area (Å²) in [6.07, 6.45) is 4.75. The summed E-state index contributed by atoms with van der Waals surface area (Å²) < 4.78 is 0. The third-order valence-electron chi connectivity index (χ3n) is 4.84. The molecule has 0 aromatic heterocycles. The van der Waals surface area contributed by atoms with E-state index in [1.54, 1.807) is 0 Å². The lowest BCUT2D eigenvalue weighted by Crippen LogP contribution is -2.44. The van der Waals surface area contributed by atoms with Crippen molar-refractivity contribution >= 4 is 11.9 Å². The highest BCUT2D eigenvalue weighted by Gasteiger charge is 2.43. The summed E-state index contributed by atoms with van der Waals surface area (Å²) in [5.74, 6) is -0.518. The third-order valence-corrected chi connectivity index (χ3v) is 4.84. The molecule has 1 aliphatic carbocycles. The maximum absolute atomic E-state index is 12.6. The summed E-state index contributed by atoms with van der Waals surface area (Å²) >= 11 is 0. The van der Waals surface area contributed by atoms with Gasteiger partial charge < -0.3 is 10.0 Å². The average Bonchev–Trinajstić information content (AvgIpc) is 2.80. The van der Waals surface area contributed by atoms with Gasteiger partial charge in [0, 0.05) is 13.1 Å². The van der Waals surface area contributed by atoms with Crippen LogP contribution in [0.2, 0.25) is 0 Å². The van der Waals surface area contributed by atoms with Crippen molar-refractivity contribution in [2.24, 2.45) is 23.7 Å². The molecule has 0 radical (unpaired) electrons. The second-order valence-corrected chi connectivity index (χ2v) is 6.33. The van der Waals surface area contributed by atoms with Crippen LogP contribution < -0.4 is 0 Å². The molecular formula is C15H25NO3. The fourth-order valence-corrected chi connectivity index (χ4v) is 3.67. The van der Waals surface area contributed by atoms with Gasteiger partial charge in [-0.05, 0) is 37.5 Å². The van der Waals surface area contributed by atoms with Crippen molar-refractivity contribution < 1.29 is 14.7 Å². The van der Waals surface area contributed by atoms with E-state index in [0.717, 1.165) is 32.4 Å². The van der Waals surface area contributed by atoms with Crippen LogP contribution in [0.1, 0.15) is 46.0 Å². The van der Waals surface area contributed by atoms with Gasteiger partial charge >= 0.3 is 5.97 Å². The highest BCUT2D eigenvalue weighted by atomic mass is 16.4. The first-order valence-corrected chi connectivity index (χ1v) is 7.54. The van der Waals surface area contributed by atoms with Crippen LogP contribution in [-0.2, 0) is 9.59 Å². The van der Waals surface area contributed by atoms with Crippen molar-refractivity contribution in [3.8, 4) is 0 Å². The highest BCUT2D eigenvalue weighted by molar-refractivity contribution is 5.85. The first-order chi connectivity index (χ1) is 9.02. The van der Waals surface area contributed by atoms with Gasteiger partial charge in [-0.3, -0.25) is 9.59 Å². The van der Waals surface area contributed by atoms with Gasteiger partial charge in [0.25, 0.3) is 0 Å². The Balaban J connectivity index is 2.03. The zero-order valence-electron chi connectivity index (χ0n) is 12.0. The molecule has 4 atom stereocenters. The molecule has 2 fully saturated rings. The van der Waals surface area contributed by atoms with Gasteiger partial charge in [0.15, 0.2) is 0 Å². The number of nitrogens with zero attached hydrogens (tertiary/aromatic N) is 1. The van der Waals surface area contributed by atoms with Gasteiger partial charge in [-0.2, -0.15) is 0 Å². The predicted molar refractivity (Wildman–Crippen MR) is 72.6 cm³/mol. The van der Waals surface area contributed by atoms with Crippen LogP contribution >= 0.6 is 0 Å². The molecule has 4 heteroatoms. The molecule has 19 heavy (non-hydrogen) atoms. The van der Waals surface area contributed by atoms with Crippen LogP contribution in [0.15, 0.2) is 0 Å². The van der Waals surface area contributed by atoms with Crippen molar-refractivity contribution in [1.29, 1.82) is 0 Å². The van der Waals surface area contributed by atoms with Gasteiger partial charge in [0.1, 0.15) is 0 Å². The zero-order chi connectivity index (χ0) is 14.0. The van der Waals surface area contributed by atoms with Gasteiger partial charge in [0.2, 0.25) is 5.91 Å². The van der Waals surface area contributed by atoms with Gasteiger partial charge in [-0.25, -0.2) is 0 Å². The fraction of sp³-hybridized carbons (Fsp3) is 0.867. The third kappa shape index (κ3) is 3.10. The van der Waals surface area contributed by atoms with Gasteiger partial charge in [-0.1, -0.05) is 20.3 Å². The van der Waals surface area contributed by atoms with E-state index >= 15 is 0 Å². The zero-order valence-corrected chi connectivity index (χ0v) is 12.0. The second-order valence-electron chi connectivity index (χ2n) is 6.33. The number of hydrogen-bond acceptors (Lipinski definition) is 2. The minimum absolute atomic E-state index is 0.0925. The second kappa shape index (κ2) is 5.93. The van der Waals surface area contributed by atoms with E-state index in [9.17, 15) is 14.7 Å². The Morgan fingerprint density at radius 1 is 1.26 bits per heavy atom.